The number of methoxy groups -OCH3 is 1. The molecule has 0 saturated carbocycles. The number of nitrogen functional groups attached to an aromatic ring is 1. The highest BCUT2D eigenvalue weighted by Crippen LogP contribution is 2.22. The predicted octanol–water partition coefficient (Wildman–Crippen LogP) is 3.49. The van der Waals surface area contributed by atoms with Crippen LogP contribution in [0.25, 0.3) is 0 Å². The van der Waals surface area contributed by atoms with Gasteiger partial charge in [-0.1, -0.05) is 30.3 Å². The van der Waals surface area contributed by atoms with Crippen LogP contribution in [-0.4, -0.2) is 19.1 Å². The van der Waals surface area contributed by atoms with E-state index in [0.29, 0.717) is 11.3 Å². The number of carbonyl (C=O) groups is 1. The first-order chi connectivity index (χ1) is 10.6. The molecular weight excluding hydrogens is 276 g/mol. The van der Waals surface area contributed by atoms with Crippen LogP contribution in [0.2, 0.25) is 0 Å². The Morgan fingerprint density at radius 1 is 1.23 bits per heavy atom. The van der Waals surface area contributed by atoms with Crippen molar-refractivity contribution in [1.82, 2.24) is 0 Å². The standard InChI is InChI=1S/C18H22N2O2/c1-13(8-9-14-6-4-3-5-7-14)20-17-11-10-15(12-16(17)19)18(21)22-2/h3-7,10-13,20H,8-9,19H2,1-2H3/t13-/m0/s1. The smallest absolute Gasteiger partial charge is 0.337 e. The molecule has 2 rings (SSSR count). The average molecular weight is 298 g/mol. The Bertz CT molecular complexity index is 626. The number of hydrogen-bond donors (Lipinski definition) is 2. The van der Waals surface area contributed by atoms with Crippen molar-refractivity contribution in [3.63, 3.8) is 0 Å². The van der Waals surface area contributed by atoms with E-state index < -0.39 is 0 Å². The van der Waals surface area contributed by atoms with Crippen LogP contribution in [0.1, 0.15) is 29.3 Å². The Kier molecular flexibility index (Phi) is 5.42. The minimum absolute atomic E-state index is 0.284. The fourth-order valence-electron chi connectivity index (χ4n) is 2.30. The number of hydrogen-bond acceptors (Lipinski definition) is 4. The Morgan fingerprint density at radius 3 is 2.59 bits per heavy atom. The van der Waals surface area contributed by atoms with Crippen molar-refractivity contribution in [3.8, 4) is 0 Å². The van der Waals surface area contributed by atoms with Crippen molar-refractivity contribution in [2.24, 2.45) is 0 Å². The maximum absolute atomic E-state index is 11.5. The summed E-state index contributed by atoms with van der Waals surface area (Å²) in [5, 5.41) is 3.39. The third-order valence-electron chi connectivity index (χ3n) is 3.58. The van der Waals surface area contributed by atoms with Crippen LogP contribution in [0.4, 0.5) is 11.4 Å². The summed E-state index contributed by atoms with van der Waals surface area (Å²) in [6.45, 7) is 2.12. The van der Waals surface area contributed by atoms with Crippen LogP contribution in [0, 0.1) is 0 Å². The first kappa shape index (κ1) is 15.9. The summed E-state index contributed by atoms with van der Waals surface area (Å²) < 4.78 is 4.68. The van der Waals surface area contributed by atoms with E-state index >= 15 is 0 Å². The SMILES string of the molecule is COC(=O)c1ccc(N[C@@H](C)CCc2ccccc2)c(N)c1. The maximum atomic E-state index is 11.5. The zero-order valence-corrected chi connectivity index (χ0v) is 13.0. The van der Waals surface area contributed by atoms with E-state index in [0.717, 1.165) is 18.5 Å². The van der Waals surface area contributed by atoms with Crippen molar-refractivity contribution in [3.05, 3.63) is 59.7 Å². The van der Waals surface area contributed by atoms with Gasteiger partial charge in [-0.05, 0) is 43.5 Å². The molecule has 0 amide bonds. The second kappa shape index (κ2) is 7.50. The van der Waals surface area contributed by atoms with Gasteiger partial charge in [0.1, 0.15) is 0 Å². The van der Waals surface area contributed by atoms with E-state index in [1.165, 1.54) is 12.7 Å². The van der Waals surface area contributed by atoms with E-state index in [1.807, 2.05) is 12.1 Å². The van der Waals surface area contributed by atoms with E-state index in [2.05, 4.69) is 41.2 Å². The molecule has 116 valence electrons. The van der Waals surface area contributed by atoms with E-state index in [1.54, 1.807) is 12.1 Å². The van der Waals surface area contributed by atoms with Gasteiger partial charge in [0.2, 0.25) is 0 Å². The second-order valence-electron chi connectivity index (χ2n) is 5.36. The van der Waals surface area contributed by atoms with Crippen LogP contribution in [-0.2, 0) is 11.2 Å². The predicted molar refractivity (Wildman–Crippen MR) is 90.0 cm³/mol. The van der Waals surface area contributed by atoms with E-state index in [-0.39, 0.29) is 12.0 Å². The average Bonchev–Trinajstić information content (AvgIpc) is 2.55. The molecule has 0 radical (unpaired) electrons. The third-order valence-corrected chi connectivity index (χ3v) is 3.58. The van der Waals surface area contributed by atoms with Gasteiger partial charge in [-0.15, -0.1) is 0 Å². The number of benzene rings is 2. The van der Waals surface area contributed by atoms with Gasteiger partial charge >= 0.3 is 5.97 Å². The molecule has 0 aromatic heterocycles. The minimum Gasteiger partial charge on any atom is -0.465 e. The summed E-state index contributed by atoms with van der Waals surface area (Å²) in [4.78, 5) is 11.5. The summed E-state index contributed by atoms with van der Waals surface area (Å²) in [5.41, 5.74) is 9.18. The van der Waals surface area contributed by atoms with Gasteiger partial charge in [0.05, 0.1) is 24.0 Å². The molecule has 0 bridgehead atoms. The third kappa shape index (κ3) is 4.25. The Labute approximate surface area is 131 Å². The zero-order valence-electron chi connectivity index (χ0n) is 13.0. The van der Waals surface area contributed by atoms with Crippen molar-refractivity contribution < 1.29 is 9.53 Å². The number of nitrogens with one attached hydrogen (secondary N) is 1. The van der Waals surface area contributed by atoms with Gasteiger partial charge in [0.15, 0.2) is 0 Å². The topological polar surface area (TPSA) is 64.3 Å². The lowest BCUT2D eigenvalue weighted by molar-refractivity contribution is 0.0601. The molecule has 4 nitrogen and oxygen atoms in total. The van der Waals surface area contributed by atoms with Crippen LogP contribution >= 0.6 is 0 Å². The van der Waals surface area contributed by atoms with Gasteiger partial charge in [-0.3, -0.25) is 0 Å². The highest BCUT2D eigenvalue weighted by molar-refractivity contribution is 5.91. The number of aryl methyl sites for hydroxylation is 1. The number of esters is 1. The Morgan fingerprint density at radius 2 is 1.95 bits per heavy atom. The van der Waals surface area contributed by atoms with Crippen molar-refractivity contribution >= 4 is 17.3 Å². The maximum Gasteiger partial charge on any atom is 0.337 e. The molecule has 0 fully saturated rings. The Hall–Kier alpha value is -2.49. The highest BCUT2D eigenvalue weighted by atomic mass is 16.5. The van der Waals surface area contributed by atoms with Gasteiger partial charge < -0.3 is 15.8 Å². The molecule has 0 aliphatic rings. The number of anilines is 2. The van der Waals surface area contributed by atoms with Crippen LogP contribution in [0.5, 0.6) is 0 Å². The summed E-state index contributed by atoms with van der Waals surface area (Å²) in [6, 6.07) is 15.8. The fourth-order valence-corrected chi connectivity index (χ4v) is 2.30. The zero-order chi connectivity index (χ0) is 15.9. The summed E-state index contributed by atoms with van der Waals surface area (Å²) in [6.07, 6.45) is 2.01. The molecule has 0 unspecified atom stereocenters. The monoisotopic (exact) mass is 298 g/mol. The van der Waals surface area contributed by atoms with E-state index in [4.69, 9.17) is 5.73 Å². The normalized spacial score (nSPS) is 11.7. The molecular formula is C18H22N2O2. The van der Waals surface area contributed by atoms with Crippen molar-refractivity contribution in [1.29, 1.82) is 0 Å². The fraction of sp³-hybridized carbons (Fsp3) is 0.278. The molecule has 2 aromatic rings. The summed E-state index contributed by atoms with van der Waals surface area (Å²) in [7, 11) is 1.36. The number of ether oxygens (including phenoxy) is 1. The highest BCUT2D eigenvalue weighted by Gasteiger charge is 2.10. The van der Waals surface area contributed by atoms with Gasteiger partial charge in [-0.2, -0.15) is 0 Å². The molecule has 1 atom stereocenters. The second-order valence-corrected chi connectivity index (χ2v) is 5.36. The molecule has 0 aliphatic carbocycles. The van der Waals surface area contributed by atoms with Gasteiger partial charge in [-0.25, -0.2) is 4.79 Å². The Balaban J connectivity index is 1.94. The van der Waals surface area contributed by atoms with Gasteiger partial charge in [0, 0.05) is 6.04 Å². The molecule has 0 saturated heterocycles. The quantitative estimate of drug-likeness (QED) is 0.633. The van der Waals surface area contributed by atoms with Crippen molar-refractivity contribution in [2.45, 2.75) is 25.8 Å². The van der Waals surface area contributed by atoms with Gasteiger partial charge in [0.25, 0.3) is 0 Å². The van der Waals surface area contributed by atoms with E-state index in [9.17, 15) is 4.79 Å². The lowest BCUT2D eigenvalue weighted by Crippen LogP contribution is -2.17. The molecule has 22 heavy (non-hydrogen) atoms. The molecule has 3 N–H and O–H groups in total. The first-order valence-corrected chi connectivity index (χ1v) is 7.38. The number of carbonyl (C=O) groups excluding carboxylic acids is 1. The molecule has 0 aliphatic heterocycles. The lowest BCUT2D eigenvalue weighted by Gasteiger charge is -2.17. The largest absolute Gasteiger partial charge is 0.465 e. The summed E-state index contributed by atoms with van der Waals surface area (Å²) >= 11 is 0. The van der Waals surface area contributed by atoms with Crippen molar-refractivity contribution in [2.75, 3.05) is 18.2 Å². The first-order valence-electron chi connectivity index (χ1n) is 7.38. The number of rotatable bonds is 6. The molecule has 4 heteroatoms. The van der Waals surface area contributed by atoms with Crippen LogP contribution in [0.3, 0.4) is 0 Å². The molecule has 2 aromatic carbocycles. The van der Waals surface area contributed by atoms with Crippen LogP contribution < -0.4 is 11.1 Å². The minimum atomic E-state index is -0.379. The molecule has 0 spiro atoms. The molecule has 0 heterocycles. The van der Waals surface area contributed by atoms with Crippen LogP contribution in [0.15, 0.2) is 48.5 Å². The number of nitrogens with two attached hydrogens (primary N) is 1. The summed E-state index contributed by atoms with van der Waals surface area (Å²) in [5.74, 6) is -0.379. The lowest BCUT2D eigenvalue weighted by atomic mass is 10.1.